The third kappa shape index (κ3) is 3.87. The van der Waals surface area contributed by atoms with Crippen LogP contribution in [0.15, 0.2) is 41.6 Å². The number of carbonyl (C=O) groups excluding carboxylic acids is 1. The Hall–Kier alpha value is -3.07. The quantitative estimate of drug-likeness (QED) is 0.677. The average Bonchev–Trinajstić information content (AvgIpc) is 3.27. The summed E-state index contributed by atoms with van der Waals surface area (Å²) in [5.74, 6) is 1.32. The summed E-state index contributed by atoms with van der Waals surface area (Å²) in [6.07, 6.45) is 0. The fraction of sp³-hybridized carbons (Fsp3) is 0.222. The van der Waals surface area contributed by atoms with E-state index in [0.29, 0.717) is 22.3 Å². The van der Waals surface area contributed by atoms with Crippen LogP contribution in [0.25, 0.3) is 5.69 Å². The van der Waals surface area contributed by atoms with Crippen molar-refractivity contribution in [2.24, 2.45) is 0 Å². The number of thioether (sulfide) groups is 1. The predicted molar refractivity (Wildman–Crippen MR) is 101 cm³/mol. The Bertz CT molecular complexity index is 984. The van der Waals surface area contributed by atoms with Gasteiger partial charge in [-0.1, -0.05) is 17.8 Å². The van der Waals surface area contributed by atoms with Crippen LogP contribution in [0, 0.1) is 13.8 Å². The number of nitrogens with one attached hydrogen (secondary N) is 1. The average molecular weight is 383 g/mol. The Morgan fingerprint density at radius 3 is 2.74 bits per heavy atom. The number of rotatable bonds is 5. The number of amides is 1. The van der Waals surface area contributed by atoms with Gasteiger partial charge in [0.1, 0.15) is 0 Å². The van der Waals surface area contributed by atoms with Crippen LogP contribution in [-0.2, 0) is 4.79 Å². The Kier molecular flexibility index (Phi) is 4.68. The van der Waals surface area contributed by atoms with Gasteiger partial charge in [-0.25, -0.2) is 0 Å². The van der Waals surface area contributed by atoms with Crippen molar-refractivity contribution in [3.8, 4) is 17.2 Å². The molecule has 0 spiro atoms. The van der Waals surface area contributed by atoms with Crippen molar-refractivity contribution in [1.82, 2.24) is 20.2 Å². The molecule has 0 fully saturated rings. The molecule has 27 heavy (non-hydrogen) atoms. The summed E-state index contributed by atoms with van der Waals surface area (Å²) in [7, 11) is 0. The highest BCUT2D eigenvalue weighted by Gasteiger charge is 2.15. The predicted octanol–water partition coefficient (Wildman–Crippen LogP) is 2.74. The normalized spacial score (nSPS) is 12.2. The van der Waals surface area contributed by atoms with E-state index in [9.17, 15) is 4.79 Å². The molecule has 1 aliphatic heterocycles. The third-order valence-electron chi connectivity index (χ3n) is 3.88. The zero-order valence-corrected chi connectivity index (χ0v) is 15.6. The van der Waals surface area contributed by atoms with Gasteiger partial charge in [-0.15, -0.1) is 5.10 Å². The number of fused-ring (bicyclic) bond motifs is 1. The first kappa shape index (κ1) is 17.3. The molecule has 138 valence electrons. The Balaban J connectivity index is 1.42. The maximum Gasteiger partial charge on any atom is 0.234 e. The summed E-state index contributed by atoms with van der Waals surface area (Å²) in [4.78, 5) is 12.3. The molecule has 0 aliphatic carbocycles. The molecule has 8 nitrogen and oxygen atoms in total. The number of carbonyl (C=O) groups is 1. The number of aryl methyl sites for hydroxylation is 2. The monoisotopic (exact) mass is 383 g/mol. The topological polar surface area (TPSA) is 91.2 Å². The fourth-order valence-corrected chi connectivity index (χ4v) is 3.50. The summed E-state index contributed by atoms with van der Waals surface area (Å²) in [6, 6.07) is 11.4. The second kappa shape index (κ2) is 7.28. The van der Waals surface area contributed by atoms with Crippen LogP contribution in [0.5, 0.6) is 11.5 Å². The van der Waals surface area contributed by atoms with Crippen LogP contribution in [0.3, 0.4) is 0 Å². The molecule has 4 rings (SSSR count). The van der Waals surface area contributed by atoms with Crippen molar-refractivity contribution >= 4 is 23.4 Å². The lowest BCUT2D eigenvalue weighted by atomic mass is 10.1. The van der Waals surface area contributed by atoms with Gasteiger partial charge >= 0.3 is 0 Å². The summed E-state index contributed by atoms with van der Waals surface area (Å²) in [5, 5.41) is 15.2. The molecule has 2 aromatic carbocycles. The smallest absolute Gasteiger partial charge is 0.234 e. The van der Waals surface area contributed by atoms with E-state index in [-0.39, 0.29) is 18.5 Å². The van der Waals surface area contributed by atoms with E-state index >= 15 is 0 Å². The molecule has 9 heteroatoms. The molecule has 3 aromatic rings. The lowest BCUT2D eigenvalue weighted by molar-refractivity contribution is -0.113. The van der Waals surface area contributed by atoms with Crippen LogP contribution in [-0.4, -0.2) is 38.7 Å². The number of aromatic nitrogens is 4. The number of ether oxygens (including phenoxy) is 2. The summed E-state index contributed by atoms with van der Waals surface area (Å²) >= 11 is 1.27. The second-order valence-corrected chi connectivity index (χ2v) is 7.07. The SMILES string of the molecule is Cc1cc(C)cc(-n2nnnc2SCC(=O)Nc2ccc3c(c2)OCO3)c1. The molecule has 0 saturated heterocycles. The van der Waals surface area contributed by atoms with Crippen molar-refractivity contribution in [2.75, 3.05) is 17.9 Å². The van der Waals surface area contributed by atoms with Crippen LogP contribution >= 0.6 is 11.8 Å². The van der Waals surface area contributed by atoms with E-state index in [1.165, 1.54) is 11.8 Å². The van der Waals surface area contributed by atoms with Gasteiger partial charge < -0.3 is 14.8 Å². The van der Waals surface area contributed by atoms with Crippen LogP contribution < -0.4 is 14.8 Å². The van der Waals surface area contributed by atoms with Crippen molar-refractivity contribution < 1.29 is 14.3 Å². The van der Waals surface area contributed by atoms with Gasteiger partial charge in [0.05, 0.1) is 11.4 Å². The lowest BCUT2D eigenvalue weighted by Gasteiger charge is -2.08. The number of benzene rings is 2. The van der Waals surface area contributed by atoms with Gasteiger partial charge in [-0.05, 0) is 59.7 Å². The van der Waals surface area contributed by atoms with Crippen LogP contribution in [0.2, 0.25) is 0 Å². The molecule has 0 radical (unpaired) electrons. The molecule has 1 aliphatic rings. The van der Waals surface area contributed by atoms with E-state index in [2.05, 4.69) is 26.9 Å². The first-order valence-electron chi connectivity index (χ1n) is 8.28. The Labute approximate surface area is 159 Å². The molecular weight excluding hydrogens is 366 g/mol. The maximum absolute atomic E-state index is 12.3. The van der Waals surface area contributed by atoms with Crippen molar-refractivity contribution in [3.05, 3.63) is 47.5 Å². The van der Waals surface area contributed by atoms with Gasteiger partial charge in [0.15, 0.2) is 11.5 Å². The zero-order chi connectivity index (χ0) is 18.8. The van der Waals surface area contributed by atoms with Crippen LogP contribution in [0.4, 0.5) is 5.69 Å². The number of hydrogen-bond acceptors (Lipinski definition) is 7. The highest BCUT2D eigenvalue weighted by atomic mass is 32.2. The zero-order valence-electron chi connectivity index (χ0n) is 14.8. The Morgan fingerprint density at radius 1 is 1.15 bits per heavy atom. The van der Waals surface area contributed by atoms with Crippen molar-refractivity contribution in [2.45, 2.75) is 19.0 Å². The first-order chi connectivity index (χ1) is 13.1. The van der Waals surface area contributed by atoms with E-state index in [0.717, 1.165) is 16.8 Å². The molecule has 1 N–H and O–H groups in total. The number of nitrogens with zero attached hydrogens (tertiary/aromatic N) is 4. The molecule has 1 amide bonds. The number of tetrazole rings is 1. The van der Waals surface area contributed by atoms with E-state index in [1.54, 1.807) is 22.9 Å². The minimum Gasteiger partial charge on any atom is -0.454 e. The van der Waals surface area contributed by atoms with Crippen molar-refractivity contribution in [1.29, 1.82) is 0 Å². The Morgan fingerprint density at radius 2 is 1.93 bits per heavy atom. The van der Waals surface area contributed by atoms with Gasteiger partial charge in [-0.2, -0.15) is 4.68 Å². The molecular formula is C18H17N5O3S. The van der Waals surface area contributed by atoms with E-state index in [4.69, 9.17) is 9.47 Å². The van der Waals surface area contributed by atoms with Gasteiger partial charge in [-0.3, -0.25) is 4.79 Å². The highest BCUT2D eigenvalue weighted by Crippen LogP contribution is 2.34. The third-order valence-corrected chi connectivity index (χ3v) is 4.80. The summed E-state index contributed by atoms with van der Waals surface area (Å²) in [5.41, 5.74) is 3.77. The van der Waals surface area contributed by atoms with Crippen molar-refractivity contribution in [3.63, 3.8) is 0 Å². The molecule has 0 bridgehead atoms. The molecule has 1 aromatic heterocycles. The summed E-state index contributed by atoms with van der Waals surface area (Å²) in [6.45, 7) is 4.24. The van der Waals surface area contributed by atoms with Gasteiger partial charge in [0.25, 0.3) is 0 Å². The first-order valence-corrected chi connectivity index (χ1v) is 9.26. The highest BCUT2D eigenvalue weighted by molar-refractivity contribution is 7.99. The van der Waals surface area contributed by atoms with Gasteiger partial charge in [0.2, 0.25) is 17.9 Å². The van der Waals surface area contributed by atoms with E-state index < -0.39 is 0 Å². The largest absolute Gasteiger partial charge is 0.454 e. The minimum absolute atomic E-state index is 0.158. The fourth-order valence-electron chi connectivity index (χ4n) is 2.81. The number of anilines is 1. The summed E-state index contributed by atoms with van der Waals surface area (Å²) < 4.78 is 12.2. The maximum atomic E-state index is 12.3. The number of hydrogen-bond donors (Lipinski definition) is 1. The minimum atomic E-state index is -0.158. The van der Waals surface area contributed by atoms with Gasteiger partial charge in [0, 0.05) is 11.8 Å². The molecule has 0 atom stereocenters. The lowest BCUT2D eigenvalue weighted by Crippen LogP contribution is -2.14. The molecule has 2 heterocycles. The second-order valence-electron chi connectivity index (χ2n) is 6.12. The standard InChI is InChI=1S/C18H17N5O3S/c1-11-5-12(2)7-14(6-11)23-18(20-21-22-23)27-9-17(24)19-13-3-4-15-16(8-13)26-10-25-15/h3-8H,9-10H2,1-2H3,(H,19,24). The molecule has 0 saturated carbocycles. The van der Waals surface area contributed by atoms with Crippen LogP contribution in [0.1, 0.15) is 11.1 Å². The van der Waals surface area contributed by atoms with E-state index in [1.807, 2.05) is 26.0 Å². The molecule has 0 unspecified atom stereocenters.